The lowest BCUT2D eigenvalue weighted by Crippen LogP contribution is -2.02. The van der Waals surface area contributed by atoms with E-state index in [4.69, 9.17) is 9.22 Å². The molecule has 1 N–H and O–H groups in total. The van der Waals surface area contributed by atoms with E-state index >= 15 is 0 Å². The van der Waals surface area contributed by atoms with Gasteiger partial charge in [-0.3, -0.25) is 0 Å². The summed E-state index contributed by atoms with van der Waals surface area (Å²) in [5, 5.41) is 7.90. The molecule has 0 spiro atoms. The van der Waals surface area contributed by atoms with Gasteiger partial charge in [-0.25, -0.2) is 4.79 Å². The van der Waals surface area contributed by atoms with Gasteiger partial charge in [0.1, 0.15) is 6.61 Å². The number of methoxy groups -OCH3 is 1. The van der Waals surface area contributed by atoms with Crippen molar-refractivity contribution in [1.29, 1.82) is 0 Å². The van der Waals surface area contributed by atoms with Crippen LogP contribution in [0.3, 0.4) is 0 Å². The Morgan fingerprint density at radius 2 is 3.00 bits per heavy atom. The maximum Gasteiger partial charge on any atom is 0.329 e. The number of ether oxygens (including phenoxy) is 1. The molecule has 0 amide bonds. The zero-order valence-corrected chi connectivity index (χ0v) is 2.97. The molecule has 0 heterocycles. The summed E-state index contributed by atoms with van der Waals surface area (Å²) in [6, 6.07) is 0. The van der Waals surface area contributed by atoms with E-state index in [9.17, 15) is 4.79 Å². The molecule has 0 aliphatic carbocycles. The van der Waals surface area contributed by atoms with Crippen molar-refractivity contribution >= 4 is 5.97 Å². The van der Waals surface area contributed by atoms with Gasteiger partial charge in [0.2, 0.25) is 0 Å². The van der Waals surface area contributed by atoms with Gasteiger partial charge in [-0.2, -0.15) is 0 Å². The molecule has 0 radical (unpaired) electrons. The smallest absolute Gasteiger partial charge is 0.329 e. The van der Waals surface area contributed by atoms with Gasteiger partial charge in [-0.05, 0) is 0 Å². The third-order valence-corrected chi connectivity index (χ3v) is 0.196. The highest BCUT2D eigenvalue weighted by molar-refractivity contribution is 5.67. The minimum atomic E-state index is -2.60. The molecule has 0 bridgehead atoms. The van der Waals surface area contributed by atoms with Crippen LogP contribution in [0, 0.1) is 0 Å². The first kappa shape index (κ1) is 1.93. The summed E-state index contributed by atoms with van der Waals surface area (Å²) < 4.78 is 23.0. The maximum absolute atomic E-state index is 9.67. The van der Waals surface area contributed by atoms with Crippen LogP contribution in [0.1, 0.15) is 4.11 Å². The average Bonchev–Trinajstić information content (AvgIpc) is 1.59. The zero-order chi connectivity index (χ0) is 7.49. The predicted octanol–water partition coefficient (Wildman–Crippen LogP) is -0.283. The van der Waals surface area contributed by atoms with Crippen molar-refractivity contribution in [3.8, 4) is 0 Å². The molecule has 0 rings (SSSR count). The Morgan fingerprint density at radius 1 is 2.33 bits per heavy atom. The van der Waals surface area contributed by atoms with Gasteiger partial charge in [-0.15, -0.1) is 0 Å². The van der Waals surface area contributed by atoms with Crippen molar-refractivity contribution in [3.05, 3.63) is 0 Å². The first-order chi connectivity index (χ1) is 3.92. The highest BCUT2D eigenvalue weighted by Crippen LogP contribution is 1.61. The van der Waals surface area contributed by atoms with Gasteiger partial charge in [0.05, 0.1) is 4.11 Å². The van der Waals surface area contributed by atoms with Crippen LogP contribution in [0.5, 0.6) is 0 Å². The van der Waals surface area contributed by atoms with Crippen molar-refractivity contribution in [2.45, 2.75) is 0 Å². The molecule has 0 aromatic heterocycles. The lowest BCUT2D eigenvalue weighted by atomic mass is 10.8. The van der Waals surface area contributed by atoms with Gasteiger partial charge in [0.15, 0.2) is 0 Å². The second-order valence-corrected chi connectivity index (χ2v) is 0.682. The minimum Gasteiger partial charge on any atom is -0.480 e. The minimum absolute atomic E-state index is 0.781. The molecule has 0 saturated carbocycles. The molecular weight excluding hydrogens is 84.0 g/mol. The van der Waals surface area contributed by atoms with Crippen LogP contribution in [0.25, 0.3) is 0 Å². The van der Waals surface area contributed by atoms with Crippen LogP contribution in [0.4, 0.5) is 0 Å². The predicted molar refractivity (Wildman–Crippen MR) is 19.5 cm³/mol. The summed E-state index contributed by atoms with van der Waals surface area (Å²) >= 11 is 0. The van der Waals surface area contributed by atoms with E-state index in [1.165, 1.54) is 0 Å². The largest absolute Gasteiger partial charge is 0.480 e. The molecule has 0 saturated heterocycles. The molecule has 3 nitrogen and oxygen atoms in total. The van der Waals surface area contributed by atoms with Crippen molar-refractivity contribution in [1.82, 2.24) is 0 Å². The van der Waals surface area contributed by atoms with E-state index in [0.717, 1.165) is 0 Å². The maximum atomic E-state index is 9.67. The van der Waals surface area contributed by atoms with E-state index in [1.54, 1.807) is 0 Å². The summed E-state index contributed by atoms with van der Waals surface area (Å²) in [4.78, 5) is 9.67. The molecule has 3 heteroatoms. The Morgan fingerprint density at radius 3 is 3.17 bits per heavy atom. The third-order valence-electron chi connectivity index (χ3n) is 0.196. The summed E-state index contributed by atoms with van der Waals surface area (Å²) in [6.45, 7) is -0.781. The molecule has 0 aliphatic rings. The Labute approximate surface area is 39.8 Å². The van der Waals surface area contributed by atoms with Gasteiger partial charge < -0.3 is 9.84 Å². The number of carboxylic acids is 1. The molecule has 0 aromatic carbocycles. The zero-order valence-electron chi connectivity index (χ0n) is 5.97. The molecule has 36 valence electrons. The van der Waals surface area contributed by atoms with Crippen molar-refractivity contribution in [2.75, 3.05) is 13.6 Å². The SMILES string of the molecule is [2H]C([2H])([2H])OCC(=O)O. The van der Waals surface area contributed by atoms with Crippen molar-refractivity contribution < 1.29 is 18.8 Å². The van der Waals surface area contributed by atoms with Crippen LogP contribution >= 0.6 is 0 Å². The van der Waals surface area contributed by atoms with Gasteiger partial charge in [0, 0.05) is 7.04 Å². The lowest BCUT2D eigenvalue weighted by Gasteiger charge is -1.83. The number of rotatable bonds is 2. The summed E-state index contributed by atoms with van der Waals surface area (Å²) in [7, 11) is -2.60. The number of hydrogen-bond acceptors (Lipinski definition) is 2. The first-order valence-corrected chi connectivity index (χ1v) is 1.27. The summed E-state index contributed by atoms with van der Waals surface area (Å²) in [5.74, 6) is -1.29. The van der Waals surface area contributed by atoms with Gasteiger partial charge in [-0.1, -0.05) is 0 Å². The van der Waals surface area contributed by atoms with E-state index in [1.807, 2.05) is 0 Å². The van der Waals surface area contributed by atoms with E-state index < -0.39 is 19.6 Å². The van der Waals surface area contributed by atoms with Crippen LogP contribution in [-0.2, 0) is 9.53 Å². The first-order valence-electron chi connectivity index (χ1n) is 2.77. The molecule has 0 fully saturated rings. The molecule has 0 unspecified atom stereocenters. The van der Waals surface area contributed by atoms with Crippen LogP contribution in [0.2, 0.25) is 0 Å². The third kappa shape index (κ3) is 3.43. The fraction of sp³-hybridized carbons (Fsp3) is 0.667. The average molecular weight is 93.1 g/mol. The Kier molecular flexibility index (Phi) is 0.854. The highest BCUT2D eigenvalue weighted by Gasteiger charge is 1.87. The fourth-order valence-electron chi connectivity index (χ4n) is 0.0617. The summed E-state index contributed by atoms with van der Waals surface area (Å²) in [5.41, 5.74) is 0. The van der Waals surface area contributed by atoms with E-state index in [-0.39, 0.29) is 0 Å². The fourth-order valence-corrected chi connectivity index (χ4v) is 0.0617. The van der Waals surface area contributed by atoms with Crippen LogP contribution < -0.4 is 0 Å². The Balaban J connectivity index is 3.39. The van der Waals surface area contributed by atoms with Gasteiger partial charge in [0.25, 0.3) is 0 Å². The second-order valence-electron chi connectivity index (χ2n) is 0.682. The Bertz CT molecular complexity index is 107. The van der Waals surface area contributed by atoms with Crippen LogP contribution in [0.15, 0.2) is 0 Å². The summed E-state index contributed by atoms with van der Waals surface area (Å²) in [6.07, 6.45) is 0. The Hall–Kier alpha value is -0.570. The number of carbonyl (C=O) groups is 1. The molecule has 0 aromatic rings. The van der Waals surface area contributed by atoms with Crippen LogP contribution in [-0.4, -0.2) is 24.7 Å². The molecular formula is C3H6O3. The topological polar surface area (TPSA) is 46.5 Å². The second kappa shape index (κ2) is 2.66. The quantitative estimate of drug-likeness (QED) is 0.510. The molecule has 0 atom stereocenters. The standard InChI is InChI=1S/C3H6O3/c1-6-2-3(4)5/h2H2,1H3,(H,4,5)/i1D3. The number of carboxylic acid groups (broad SMARTS) is 1. The number of aliphatic carboxylic acids is 1. The highest BCUT2D eigenvalue weighted by atomic mass is 16.5. The van der Waals surface area contributed by atoms with E-state index in [0.29, 0.717) is 0 Å². The molecule has 6 heavy (non-hydrogen) atoms. The molecule has 0 aliphatic heterocycles. The van der Waals surface area contributed by atoms with Crippen molar-refractivity contribution in [3.63, 3.8) is 0 Å². The lowest BCUT2D eigenvalue weighted by molar-refractivity contribution is -0.141. The van der Waals surface area contributed by atoms with Gasteiger partial charge >= 0.3 is 5.97 Å². The van der Waals surface area contributed by atoms with E-state index in [2.05, 4.69) is 4.74 Å². The normalized spacial score (nSPS) is 17.7. The monoisotopic (exact) mass is 93.1 g/mol. The number of hydrogen-bond donors (Lipinski definition) is 1. The van der Waals surface area contributed by atoms with Crippen molar-refractivity contribution in [2.24, 2.45) is 0 Å².